The molecular weight excluding hydrogens is 254 g/mol. The number of amides is 2. The number of carboxylic acid groups (broad SMARTS) is 1. The number of aliphatic hydroxyl groups excluding tert-OH is 1. The van der Waals surface area contributed by atoms with E-state index < -0.39 is 29.9 Å². The van der Waals surface area contributed by atoms with Gasteiger partial charge in [0.15, 0.2) is 0 Å². The SMILES string of the molecule is CC(C)[C@H](N)C(=O)NCC(=O)NC(CCO)C(=O)O. The molecule has 8 heteroatoms. The molecule has 0 radical (unpaired) electrons. The van der Waals surface area contributed by atoms with Gasteiger partial charge in [-0.3, -0.25) is 9.59 Å². The molecule has 0 aromatic carbocycles. The van der Waals surface area contributed by atoms with Crippen LogP contribution in [0.25, 0.3) is 0 Å². The summed E-state index contributed by atoms with van der Waals surface area (Å²) >= 11 is 0. The van der Waals surface area contributed by atoms with Crippen LogP contribution in [0.2, 0.25) is 0 Å². The van der Waals surface area contributed by atoms with Crippen LogP contribution in [-0.2, 0) is 14.4 Å². The zero-order valence-corrected chi connectivity index (χ0v) is 11.0. The van der Waals surface area contributed by atoms with Crippen molar-refractivity contribution in [3.05, 3.63) is 0 Å². The molecule has 2 amide bonds. The normalized spacial score (nSPS) is 13.7. The molecule has 0 rings (SSSR count). The maximum absolute atomic E-state index is 11.5. The van der Waals surface area contributed by atoms with E-state index in [9.17, 15) is 14.4 Å². The highest BCUT2D eigenvalue weighted by molar-refractivity contribution is 5.89. The van der Waals surface area contributed by atoms with E-state index in [1.54, 1.807) is 13.8 Å². The van der Waals surface area contributed by atoms with E-state index >= 15 is 0 Å². The highest BCUT2D eigenvalue weighted by Crippen LogP contribution is 1.97. The number of nitrogens with one attached hydrogen (secondary N) is 2. The number of aliphatic hydroxyl groups is 1. The number of hydrogen-bond donors (Lipinski definition) is 5. The number of carbonyl (C=O) groups excluding carboxylic acids is 2. The highest BCUT2D eigenvalue weighted by Gasteiger charge is 2.21. The van der Waals surface area contributed by atoms with Crippen molar-refractivity contribution < 1.29 is 24.6 Å². The predicted molar refractivity (Wildman–Crippen MR) is 67.1 cm³/mol. The number of nitrogens with two attached hydrogens (primary N) is 1. The quantitative estimate of drug-likeness (QED) is 0.348. The van der Waals surface area contributed by atoms with Gasteiger partial charge in [-0.2, -0.15) is 0 Å². The second kappa shape index (κ2) is 8.44. The summed E-state index contributed by atoms with van der Waals surface area (Å²) in [5.41, 5.74) is 5.57. The maximum Gasteiger partial charge on any atom is 0.326 e. The van der Waals surface area contributed by atoms with Crippen LogP contribution in [0.5, 0.6) is 0 Å². The van der Waals surface area contributed by atoms with Gasteiger partial charge in [0.05, 0.1) is 12.6 Å². The van der Waals surface area contributed by atoms with Crippen LogP contribution in [0, 0.1) is 5.92 Å². The maximum atomic E-state index is 11.5. The van der Waals surface area contributed by atoms with Crippen molar-refractivity contribution in [2.24, 2.45) is 11.7 Å². The van der Waals surface area contributed by atoms with Gasteiger partial charge < -0.3 is 26.6 Å². The molecule has 0 aliphatic heterocycles. The van der Waals surface area contributed by atoms with Crippen LogP contribution in [0.3, 0.4) is 0 Å². The molecule has 8 nitrogen and oxygen atoms in total. The molecule has 6 N–H and O–H groups in total. The van der Waals surface area contributed by atoms with E-state index in [1.807, 2.05) is 0 Å². The topological polar surface area (TPSA) is 142 Å². The van der Waals surface area contributed by atoms with E-state index in [4.69, 9.17) is 15.9 Å². The molecule has 0 aromatic rings. The predicted octanol–water partition coefficient (Wildman–Crippen LogP) is -1.96. The average molecular weight is 275 g/mol. The zero-order valence-electron chi connectivity index (χ0n) is 11.0. The van der Waals surface area contributed by atoms with Gasteiger partial charge in [-0.25, -0.2) is 4.79 Å². The molecule has 0 aromatic heterocycles. The lowest BCUT2D eigenvalue weighted by molar-refractivity contribution is -0.142. The van der Waals surface area contributed by atoms with Crippen LogP contribution in [0.4, 0.5) is 0 Å². The van der Waals surface area contributed by atoms with Crippen LogP contribution in [0.15, 0.2) is 0 Å². The van der Waals surface area contributed by atoms with Crippen molar-refractivity contribution in [3.8, 4) is 0 Å². The Bertz CT molecular complexity index is 332. The number of carbonyl (C=O) groups is 3. The minimum absolute atomic E-state index is 0.0655. The van der Waals surface area contributed by atoms with Gasteiger partial charge in [-0.05, 0) is 5.92 Å². The first-order valence-corrected chi connectivity index (χ1v) is 5.95. The smallest absolute Gasteiger partial charge is 0.326 e. The molecule has 0 heterocycles. The van der Waals surface area contributed by atoms with Crippen LogP contribution in [-0.4, -0.2) is 53.2 Å². The Morgan fingerprint density at radius 1 is 1.26 bits per heavy atom. The van der Waals surface area contributed by atoms with Crippen LogP contribution >= 0.6 is 0 Å². The van der Waals surface area contributed by atoms with Crippen molar-refractivity contribution in [2.75, 3.05) is 13.2 Å². The van der Waals surface area contributed by atoms with E-state index in [-0.39, 0.29) is 25.5 Å². The van der Waals surface area contributed by atoms with Gasteiger partial charge in [0.2, 0.25) is 11.8 Å². The van der Waals surface area contributed by atoms with Gasteiger partial charge in [-0.15, -0.1) is 0 Å². The molecule has 0 saturated carbocycles. The summed E-state index contributed by atoms with van der Waals surface area (Å²) < 4.78 is 0. The molecule has 0 saturated heterocycles. The van der Waals surface area contributed by atoms with Crippen molar-refractivity contribution >= 4 is 17.8 Å². The number of aliphatic carboxylic acids is 1. The van der Waals surface area contributed by atoms with Gasteiger partial charge >= 0.3 is 5.97 Å². The fourth-order valence-electron chi connectivity index (χ4n) is 1.22. The summed E-state index contributed by atoms with van der Waals surface area (Å²) in [6.45, 7) is 2.83. The van der Waals surface area contributed by atoms with E-state index in [2.05, 4.69) is 10.6 Å². The summed E-state index contributed by atoms with van der Waals surface area (Å²) in [6, 6.07) is -1.89. The van der Waals surface area contributed by atoms with Gasteiger partial charge in [-0.1, -0.05) is 13.8 Å². The Kier molecular flexibility index (Phi) is 7.69. The summed E-state index contributed by atoms with van der Waals surface area (Å²) in [6.07, 6.45) is -0.0967. The van der Waals surface area contributed by atoms with E-state index in [1.165, 1.54) is 0 Å². The molecule has 0 aliphatic rings. The standard InChI is InChI=1S/C11H21N3O5/c1-6(2)9(12)10(17)13-5-8(16)14-7(3-4-15)11(18)19/h6-7,9,15H,3-5,12H2,1-2H3,(H,13,17)(H,14,16)(H,18,19)/t7?,9-/m0/s1. The zero-order chi connectivity index (χ0) is 15.0. The highest BCUT2D eigenvalue weighted by atomic mass is 16.4. The number of hydrogen-bond acceptors (Lipinski definition) is 5. The molecule has 0 aliphatic carbocycles. The third-order valence-corrected chi connectivity index (χ3v) is 2.50. The summed E-state index contributed by atoms with van der Waals surface area (Å²) in [5, 5.41) is 21.9. The second-order valence-corrected chi connectivity index (χ2v) is 4.46. The van der Waals surface area contributed by atoms with E-state index in [0.29, 0.717) is 0 Å². The Morgan fingerprint density at radius 3 is 2.26 bits per heavy atom. The van der Waals surface area contributed by atoms with Crippen LogP contribution in [0.1, 0.15) is 20.3 Å². The molecule has 19 heavy (non-hydrogen) atoms. The largest absolute Gasteiger partial charge is 0.480 e. The number of carboxylic acids is 1. The molecule has 2 atom stereocenters. The molecule has 1 unspecified atom stereocenters. The van der Waals surface area contributed by atoms with Gasteiger partial charge in [0.25, 0.3) is 0 Å². The van der Waals surface area contributed by atoms with Crippen molar-refractivity contribution in [2.45, 2.75) is 32.4 Å². The average Bonchev–Trinajstić information content (AvgIpc) is 2.34. The molecule has 0 fully saturated rings. The lowest BCUT2D eigenvalue weighted by Gasteiger charge is -2.16. The third kappa shape index (κ3) is 6.73. The lowest BCUT2D eigenvalue weighted by atomic mass is 10.1. The lowest BCUT2D eigenvalue weighted by Crippen LogP contribution is -2.49. The third-order valence-electron chi connectivity index (χ3n) is 2.50. The van der Waals surface area contributed by atoms with Crippen molar-refractivity contribution in [3.63, 3.8) is 0 Å². The first kappa shape index (κ1) is 17.3. The van der Waals surface area contributed by atoms with Crippen molar-refractivity contribution in [1.29, 1.82) is 0 Å². The Balaban J connectivity index is 4.17. The molecule has 110 valence electrons. The Hall–Kier alpha value is -1.67. The Labute approximate surface area is 111 Å². The first-order valence-electron chi connectivity index (χ1n) is 5.95. The minimum atomic E-state index is -1.24. The summed E-state index contributed by atoms with van der Waals surface area (Å²) in [5.74, 6) is -2.43. The molecular formula is C11H21N3O5. The summed E-state index contributed by atoms with van der Waals surface area (Å²) in [4.78, 5) is 33.6. The minimum Gasteiger partial charge on any atom is -0.480 e. The number of rotatable bonds is 8. The summed E-state index contributed by atoms with van der Waals surface area (Å²) in [7, 11) is 0. The molecule has 0 bridgehead atoms. The second-order valence-electron chi connectivity index (χ2n) is 4.46. The first-order chi connectivity index (χ1) is 8.79. The fourth-order valence-corrected chi connectivity index (χ4v) is 1.22. The fraction of sp³-hybridized carbons (Fsp3) is 0.727. The van der Waals surface area contributed by atoms with Gasteiger partial charge in [0.1, 0.15) is 6.04 Å². The van der Waals surface area contributed by atoms with Crippen molar-refractivity contribution in [1.82, 2.24) is 10.6 Å². The van der Waals surface area contributed by atoms with E-state index in [0.717, 1.165) is 0 Å². The molecule has 0 spiro atoms. The monoisotopic (exact) mass is 275 g/mol. The van der Waals surface area contributed by atoms with Crippen LogP contribution < -0.4 is 16.4 Å². The van der Waals surface area contributed by atoms with Gasteiger partial charge in [0, 0.05) is 13.0 Å². The Morgan fingerprint density at radius 2 is 1.84 bits per heavy atom.